The van der Waals surface area contributed by atoms with Crippen LogP contribution in [0.5, 0.6) is 0 Å². The lowest BCUT2D eigenvalue weighted by Gasteiger charge is -2.26. The van der Waals surface area contributed by atoms with Crippen LogP contribution in [-0.4, -0.2) is 52.7 Å². The Kier molecular flexibility index (Phi) is 21.2. The first-order valence-corrected chi connectivity index (χ1v) is 17.0. The second-order valence-electron chi connectivity index (χ2n) is 9.59. The van der Waals surface area contributed by atoms with Gasteiger partial charge in [-0.05, 0) is 25.7 Å². The van der Waals surface area contributed by atoms with E-state index in [1.54, 1.807) is 0 Å². The molecule has 0 bridgehead atoms. The molecule has 0 spiro atoms. The van der Waals surface area contributed by atoms with Crippen LogP contribution in [0.15, 0.2) is 0 Å². The van der Waals surface area contributed by atoms with Crippen molar-refractivity contribution >= 4 is 38.2 Å². The molecule has 0 radical (unpaired) electrons. The van der Waals surface area contributed by atoms with E-state index in [0.29, 0.717) is 17.6 Å². The highest BCUT2D eigenvalue weighted by Crippen LogP contribution is 2.30. The van der Waals surface area contributed by atoms with Crippen LogP contribution in [0.3, 0.4) is 0 Å². The number of aliphatic hydroxyl groups is 1. The molecule has 1 rings (SSSR count). The molecule has 6 nitrogen and oxygen atoms in total. The van der Waals surface area contributed by atoms with Crippen LogP contribution in [-0.2, 0) is 23.0 Å². The molecule has 3 atom stereocenters. The van der Waals surface area contributed by atoms with Crippen LogP contribution < -0.4 is 0 Å². The van der Waals surface area contributed by atoms with Crippen molar-refractivity contribution in [3.63, 3.8) is 0 Å². The maximum absolute atomic E-state index is 12.3. The Morgan fingerprint density at radius 1 is 0.971 bits per heavy atom. The van der Waals surface area contributed by atoms with Gasteiger partial charge >= 0.3 is 11.5 Å². The van der Waals surface area contributed by atoms with Gasteiger partial charge in [0.05, 0.1) is 24.8 Å². The Hall–Kier alpha value is 0.280. The van der Waals surface area contributed by atoms with Crippen molar-refractivity contribution in [2.45, 2.75) is 133 Å². The maximum atomic E-state index is 12.3. The Bertz CT molecular complexity index is 536. The summed E-state index contributed by atoms with van der Waals surface area (Å²) in [5.74, 6) is 0.407. The number of hydrogen-bond acceptors (Lipinski definition) is 8. The summed E-state index contributed by atoms with van der Waals surface area (Å²) in [7, 11) is -1.90. The molecule has 3 unspecified atom stereocenters. The molecule has 35 heavy (non-hydrogen) atoms. The zero-order valence-electron chi connectivity index (χ0n) is 22.2. The van der Waals surface area contributed by atoms with E-state index in [1.807, 2.05) is 11.8 Å². The van der Waals surface area contributed by atoms with Crippen LogP contribution in [0.4, 0.5) is 0 Å². The van der Waals surface area contributed by atoms with Gasteiger partial charge in [-0.1, -0.05) is 90.9 Å². The van der Waals surface area contributed by atoms with E-state index in [2.05, 4.69) is 13.8 Å². The largest absolute Gasteiger partial charge is 0.387 e. The number of carbonyl (C=O) groups excluding carboxylic acids is 1. The van der Waals surface area contributed by atoms with Crippen LogP contribution in [0, 0.1) is 0 Å². The minimum absolute atomic E-state index is 0.0259. The molecule has 0 heterocycles. The SMILES string of the molecule is CCCCCCCCCCOC(COC(O)([PH2]=O)C(=O)OSCCCCC)CSC1CCCCC1. The highest BCUT2D eigenvalue weighted by atomic mass is 32.2. The third-order valence-electron chi connectivity index (χ3n) is 6.33. The van der Waals surface area contributed by atoms with Gasteiger partial charge in [0.15, 0.2) is 0 Å². The Balaban J connectivity index is 2.44. The molecule has 1 aliphatic carbocycles. The van der Waals surface area contributed by atoms with Crippen LogP contribution >= 0.6 is 32.3 Å². The minimum Gasteiger partial charge on any atom is -0.387 e. The number of thioether (sulfide) groups is 1. The van der Waals surface area contributed by atoms with Gasteiger partial charge in [0.25, 0.3) is 0 Å². The molecular weight excluding hydrogens is 503 g/mol. The lowest BCUT2D eigenvalue weighted by molar-refractivity contribution is -0.191. The van der Waals surface area contributed by atoms with E-state index in [4.69, 9.17) is 13.7 Å². The fourth-order valence-corrected chi connectivity index (χ4v) is 6.41. The van der Waals surface area contributed by atoms with E-state index in [1.165, 1.54) is 70.6 Å². The van der Waals surface area contributed by atoms with E-state index < -0.39 is 20.0 Å². The van der Waals surface area contributed by atoms with E-state index in [-0.39, 0.29) is 12.7 Å². The average Bonchev–Trinajstić information content (AvgIpc) is 2.88. The first-order valence-electron chi connectivity index (χ1n) is 14.0. The molecule has 0 aromatic carbocycles. The van der Waals surface area contributed by atoms with Crippen LogP contribution in [0.25, 0.3) is 0 Å². The Labute approximate surface area is 224 Å². The van der Waals surface area contributed by atoms with Crippen molar-refractivity contribution in [3.05, 3.63) is 0 Å². The molecule has 0 aliphatic heterocycles. The normalized spacial score (nSPS) is 17.6. The van der Waals surface area contributed by atoms with Crippen molar-refractivity contribution in [3.8, 4) is 0 Å². The first-order chi connectivity index (χ1) is 17.1. The number of ether oxygens (including phenoxy) is 2. The highest BCUT2D eigenvalue weighted by Gasteiger charge is 2.39. The number of unbranched alkanes of at least 4 members (excludes halogenated alkanes) is 9. The molecule has 208 valence electrons. The monoisotopic (exact) mass is 554 g/mol. The summed E-state index contributed by atoms with van der Waals surface area (Å²) in [5, 5.41) is 11.2. The average molecular weight is 555 g/mol. The minimum atomic E-state index is -2.38. The lowest BCUT2D eigenvalue weighted by Crippen LogP contribution is -2.39. The number of hydrogen-bond donors (Lipinski definition) is 1. The van der Waals surface area contributed by atoms with Gasteiger partial charge in [-0.25, -0.2) is 4.79 Å². The second-order valence-corrected chi connectivity index (χ2v) is 12.7. The van der Waals surface area contributed by atoms with Gasteiger partial charge in [-0.2, -0.15) is 11.8 Å². The maximum Gasteiger partial charge on any atom is 0.386 e. The van der Waals surface area contributed by atoms with Gasteiger partial charge in [-0.3, -0.25) is 0 Å². The van der Waals surface area contributed by atoms with Gasteiger partial charge in [-0.15, -0.1) is 0 Å². The number of carbonyl (C=O) groups is 1. The van der Waals surface area contributed by atoms with Crippen molar-refractivity contribution in [1.82, 2.24) is 0 Å². The molecule has 0 amide bonds. The molecule has 0 aromatic rings. The third kappa shape index (κ3) is 16.7. The zero-order chi connectivity index (χ0) is 25.6. The predicted octanol–water partition coefficient (Wildman–Crippen LogP) is 7.38. The second kappa shape index (κ2) is 22.3. The topological polar surface area (TPSA) is 82.1 Å². The van der Waals surface area contributed by atoms with Gasteiger partial charge < -0.3 is 23.3 Å². The standard InChI is InChI=1S/C26H51O6PS2/c1-3-5-7-8-9-10-11-15-19-30-23(22-34-24-17-13-12-14-18-24)21-31-26(28,33-29)25(27)32-35-20-16-6-4-2/h23-24,28H,3-22,33H2,1-2H3. The molecule has 0 aromatic heterocycles. The fourth-order valence-electron chi connectivity index (χ4n) is 4.03. The van der Waals surface area contributed by atoms with Crippen molar-refractivity contribution in [1.29, 1.82) is 0 Å². The molecule has 9 heteroatoms. The van der Waals surface area contributed by atoms with Gasteiger partial charge in [0.1, 0.15) is 8.46 Å². The zero-order valence-corrected chi connectivity index (χ0v) is 25.0. The summed E-state index contributed by atoms with van der Waals surface area (Å²) >= 11 is 2.88. The summed E-state index contributed by atoms with van der Waals surface area (Å²) < 4.78 is 28.4. The lowest BCUT2D eigenvalue weighted by atomic mass is 10.0. The fraction of sp³-hybridized carbons (Fsp3) is 0.962. The number of rotatable bonds is 23. The Morgan fingerprint density at radius 3 is 2.26 bits per heavy atom. The van der Waals surface area contributed by atoms with E-state index in [9.17, 15) is 14.5 Å². The third-order valence-corrected chi connectivity index (χ3v) is 9.28. The van der Waals surface area contributed by atoms with E-state index >= 15 is 0 Å². The summed E-state index contributed by atoms with van der Waals surface area (Å²) in [6.45, 7) is 5.00. The van der Waals surface area contributed by atoms with Crippen molar-refractivity contribution in [2.75, 3.05) is 24.7 Å². The first kappa shape index (κ1) is 33.3. The van der Waals surface area contributed by atoms with Gasteiger partial charge in [0, 0.05) is 23.4 Å². The van der Waals surface area contributed by atoms with E-state index in [0.717, 1.165) is 49.9 Å². The Morgan fingerprint density at radius 2 is 1.60 bits per heavy atom. The molecule has 1 aliphatic rings. The summed E-state index contributed by atoms with van der Waals surface area (Å²) in [6, 6.07) is 0. The summed E-state index contributed by atoms with van der Waals surface area (Å²) in [4.78, 5) is 12.3. The highest BCUT2D eigenvalue weighted by molar-refractivity contribution is 7.99. The summed E-state index contributed by atoms with van der Waals surface area (Å²) in [5.41, 5.74) is -2.38. The van der Waals surface area contributed by atoms with Crippen molar-refractivity contribution < 1.29 is 28.1 Å². The quantitative estimate of drug-likeness (QED) is 0.0606. The molecule has 1 N–H and O–H groups in total. The molecule has 1 fully saturated rings. The van der Waals surface area contributed by atoms with Crippen molar-refractivity contribution in [2.24, 2.45) is 0 Å². The molecular formula is C26H51O6PS2. The molecule has 1 saturated carbocycles. The summed E-state index contributed by atoms with van der Waals surface area (Å²) in [6.07, 6.45) is 19.0. The molecule has 0 saturated heterocycles. The van der Waals surface area contributed by atoms with Crippen LogP contribution in [0.2, 0.25) is 0 Å². The van der Waals surface area contributed by atoms with Crippen LogP contribution in [0.1, 0.15) is 117 Å². The predicted molar refractivity (Wildman–Crippen MR) is 151 cm³/mol. The van der Waals surface area contributed by atoms with Gasteiger partial charge in [0.2, 0.25) is 0 Å². The smallest absolute Gasteiger partial charge is 0.386 e.